The lowest BCUT2D eigenvalue weighted by atomic mass is 10.1. The van der Waals surface area contributed by atoms with Gasteiger partial charge in [-0.1, -0.05) is 17.7 Å². The maximum Gasteiger partial charge on any atom is 0.173 e. The molecule has 0 aliphatic carbocycles. The number of ketones is 1. The summed E-state index contributed by atoms with van der Waals surface area (Å²) in [5, 5.41) is 0.578. The van der Waals surface area contributed by atoms with Gasteiger partial charge in [0, 0.05) is 21.5 Å². The van der Waals surface area contributed by atoms with Crippen molar-refractivity contribution in [1.82, 2.24) is 0 Å². The van der Waals surface area contributed by atoms with Crippen molar-refractivity contribution in [2.24, 2.45) is 0 Å². The molecule has 1 nitrogen and oxygen atoms in total. The van der Waals surface area contributed by atoms with Crippen molar-refractivity contribution in [3.63, 3.8) is 0 Å². The van der Waals surface area contributed by atoms with Gasteiger partial charge in [0.15, 0.2) is 5.78 Å². The van der Waals surface area contributed by atoms with E-state index in [-0.39, 0.29) is 17.1 Å². The second-order valence-corrected chi connectivity index (χ2v) is 5.31. The standard InChI is InChI=1S/C14H9ClF2OS/c15-10-2-1-3-13(6-10)19-8-14(18)9-4-11(16)7-12(17)5-9/h1-7H,8H2. The first-order valence-electron chi connectivity index (χ1n) is 5.42. The van der Waals surface area contributed by atoms with Gasteiger partial charge in [0.05, 0.1) is 5.75 Å². The number of hydrogen-bond donors (Lipinski definition) is 0. The van der Waals surface area contributed by atoms with Crippen LogP contribution in [0.5, 0.6) is 0 Å². The molecular formula is C14H9ClF2OS. The summed E-state index contributed by atoms with van der Waals surface area (Å²) in [6, 6.07) is 9.85. The third-order valence-electron chi connectivity index (χ3n) is 2.35. The Bertz CT molecular complexity index is 596. The van der Waals surface area contributed by atoms with E-state index in [0.717, 1.165) is 23.1 Å². The first-order valence-corrected chi connectivity index (χ1v) is 6.78. The molecule has 0 radical (unpaired) electrons. The summed E-state index contributed by atoms with van der Waals surface area (Å²) in [4.78, 5) is 12.7. The number of carbonyl (C=O) groups excluding carboxylic acids is 1. The van der Waals surface area contributed by atoms with Gasteiger partial charge in [-0.2, -0.15) is 0 Å². The van der Waals surface area contributed by atoms with Crippen LogP contribution in [0.2, 0.25) is 5.02 Å². The van der Waals surface area contributed by atoms with E-state index in [4.69, 9.17) is 11.6 Å². The topological polar surface area (TPSA) is 17.1 Å². The fraction of sp³-hybridized carbons (Fsp3) is 0.0714. The lowest BCUT2D eigenvalue weighted by molar-refractivity contribution is 0.102. The summed E-state index contributed by atoms with van der Waals surface area (Å²) in [7, 11) is 0. The van der Waals surface area contributed by atoms with Crippen molar-refractivity contribution >= 4 is 29.1 Å². The second-order valence-electron chi connectivity index (χ2n) is 3.83. The van der Waals surface area contributed by atoms with Crippen LogP contribution in [0.4, 0.5) is 8.78 Å². The first kappa shape index (κ1) is 14.0. The van der Waals surface area contributed by atoms with Crippen LogP contribution >= 0.6 is 23.4 Å². The van der Waals surface area contributed by atoms with Crippen LogP contribution in [-0.2, 0) is 0 Å². The van der Waals surface area contributed by atoms with Crippen LogP contribution in [0.3, 0.4) is 0 Å². The van der Waals surface area contributed by atoms with Crippen LogP contribution in [0.25, 0.3) is 0 Å². The summed E-state index contributed by atoms with van der Waals surface area (Å²) in [6.45, 7) is 0. The molecule has 2 rings (SSSR count). The molecule has 0 N–H and O–H groups in total. The molecule has 2 aromatic carbocycles. The highest BCUT2D eigenvalue weighted by Gasteiger charge is 2.10. The molecular weight excluding hydrogens is 290 g/mol. The highest BCUT2D eigenvalue weighted by atomic mass is 35.5. The number of hydrogen-bond acceptors (Lipinski definition) is 2. The van der Waals surface area contributed by atoms with E-state index in [0.29, 0.717) is 5.02 Å². The summed E-state index contributed by atoms with van der Waals surface area (Å²) in [5.74, 6) is -1.74. The lowest BCUT2D eigenvalue weighted by Gasteiger charge is -2.03. The maximum atomic E-state index is 13.0. The van der Waals surface area contributed by atoms with E-state index in [1.54, 1.807) is 18.2 Å². The molecule has 0 spiro atoms. The molecule has 19 heavy (non-hydrogen) atoms. The minimum atomic E-state index is -0.754. The van der Waals surface area contributed by atoms with E-state index in [1.165, 1.54) is 11.8 Å². The van der Waals surface area contributed by atoms with Gasteiger partial charge in [-0.25, -0.2) is 8.78 Å². The Kier molecular flexibility index (Phi) is 4.56. The molecule has 0 heterocycles. The Hall–Kier alpha value is -1.39. The predicted octanol–water partition coefficient (Wildman–Crippen LogP) is 4.59. The van der Waals surface area contributed by atoms with Crippen molar-refractivity contribution in [3.8, 4) is 0 Å². The van der Waals surface area contributed by atoms with Gasteiger partial charge in [0.1, 0.15) is 11.6 Å². The van der Waals surface area contributed by atoms with E-state index in [2.05, 4.69) is 0 Å². The Balaban J connectivity index is 2.05. The zero-order valence-corrected chi connectivity index (χ0v) is 11.3. The quantitative estimate of drug-likeness (QED) is 0.606. The predicted molar refractivity (Wildman–Crippen MR) is 72.9 cm³/mol. The summed E-state index contributed by atoms with van der Waals surface area (Å²) in [5.41, 5.74) is 0.0343. The SMILES string of the molecule is O=C(CSc1cccc(Cl)c1)c1cc(F)cc(F)c1. The molecule has 0 unspecified atom stereocenters. The van der Waals surface area contributed by atoms with Gasteiger partial charge in [0.25, 0.3) is 0 Å². The van der Waals surface area contributed by atoms with Gasteiger partial charge in [-0.3, -0.25) is 4.79 Å². The lowest BCUT2D eigenvalue weighted by Crippen LogP contribution is -2.03. The minimum Gasteiger partial charge on any atom is -0.293 e. The highest BCUT2D eigenvalue weighted by molar-refractivity contribution is 8.00. The van der Waals surface area contributed by atoms with E-state index in [9.17, 15) is 13.6 Å². The van der Waals surface area contributed by atoms with Gasteiger partial charge >= 0.3 is 0 Å². The van der Waals surface area contributed by atoms with Crippen LogP contribution < -0.4 is 0 Å². The van der Waals surface area contributed by atoms with Gasteiger partial charge in [-0.05, 0) is 30.3 Å². The molecule has 2 aromatic rings. The van der Waals surface area contributed by atoms with Crippen LogP contribution in [0.1, 0.15) is 10.4 Å². The minimum absolute atomic E-state index is 0.0343. The number of thioether (sulfide) groups is 1. The molecule has 0 bridgehead atoms. The number of carbonyl (C=O) groups is 1. The number of Topliss-reactive ketones (excluding diaryl/α,β-unsaturated/α-hetero) is 1. The zero-order valence-electron chi connectivity index (χ0n) is 9.70. The van der Waals surface area contributed by atoms with Gasteiger partial charge < -0.3 is 0 Å². The van der Waals surface area contributed by atoms with Crippen LogP contribution in [-0.4, -0.2) is 11.5 Å². The van der Waals surface area contributed by atoms with Gasteiger partial charge in [-0.15, -0.1) is 11.8 Å². The van der Waals surface area contributed by atoms with Crippen molar-refractivity contribution in [1.29, 1.82) is 0 Å². The second kappa shape index (κ2) is 6.17. The number of benzene rings is 2. The van der Waals surface area contributed by atoms with E-state index in [1.807, 2.05) is 6.07 Å². The molecule has 0 aliphatic heterocycles. The Labute approximate surface area is 118 Å². The number of rotatable bonds is 4. The molecule has 0 amide bonds. The Morgan fingerprint density at radius 3 is 2.42 bits per heavy atom. The van der Waals surface area contributed by atoms with E-state index >= 15 is 0 Å². The maximum absolute atomic E-state index is 13.0. The molecule has 98 valence electrons. The smallest absolute Gasteiger partial charge is 0.173 e. The fourth-order valence-corrected chi connectivity index (χ4v) is 2.61. The zero-order chi connectivity index (χ0) is 13.8. The highest BCUT2D eigenvalue weighted by Crippen LogP contribution is 2.22. The average Bonchev–Trinajstić information content (AvgIpc) is 2.35. The molecule has 0 fully saturated rings. The molecule has 0 saturated heterocycles. The largest absolute Gasteiger partial charge is 0.293 e. The van der Waals surface area contributed by atoms with Crippen LogP contribution in [0, 0.1) is 11.6 Å². The molecule has 0 aromatic heterocycles. The van der Waals surface area contributed by atoms with Crippen molar-refractivity contribution in [2.75, 3.05) is 5.75 Å². The molecule has 0 aliphatic rings. The monoisotopic (exact) mass is 298 g/mol. The van der Waals surface area contributed by atoms with Crippen molar-refractivity contribution in [2.45, 2.75) is 4.90 Å². The Morgan fingerprint density at radius 1 is 1.11 bits per heavy atom. The summed E-state index contributed by atoms with van der Waals surface area (Å²) in [6.07, 6.45) is 0. The number of halogens is 3. The van der Waals surface area contributed by atoms with E-state index < -0.39 is 11.6 Å². The molecule has 5 heteroatoms. The summed E-state index contributed by atoms with van der Waals surface area (Å²) >= 11 is 7.09. The molecule has 0 saturated carbocycles. The first-order chi connectivity index (χ1) is 9.04. The van der Waals surface area contributed by atoms with Gasteiger partial charge in [0.2, 0.25) is 0 Å². The van der Waals surface area contributed by atoms with Crippen molar-refractivity contribution in [3.05, 3.63) is 64.7 Å². The summed E-state index contributed by atoms with van der Waals surface area (Å²) < 4.78 is 26.0. The third-order valence-corrected chi connectivity index (χ3v) is 3.58. The third kappa shape index (κ3) is 4.04. The van der Waals surface area contributed by atoms with Crippen LogP contribution in [0.15, 0.2) is 47.4 Å². The fourth-order valence-electron chi connectivity index (χ4n) is 1.50. The average molecular weight is 299 g/mol. The van der Waals surface area contributed by atoms with Crippen molar-refractivity contribution < 1.29 is 13.6 Å². The normalized spacial score (nSPS) is 10.5. The molecule has 0 atom stereocenters. The Morgan fingerprint density at radius 2 is 1.79 bits per heavy atom.